The summed E-state index contributed by atoms with van der Waals surface area (Å²) in [5.41, 5.74) is 14.0. The maximum absolute atomic E-state index is 6.05. The maximum atomic E-state index is 6.05. The van der Waals surface area contributed by atoms with Crippen LogP contribution in [0.2, 0.25) is 0 Å². The average Bonchev–Trinajstić information content (AvgIpc) is 2.42. The molecule has 0 aromatic heterocycles. The van der Waals surface area contributed by atoms with Crippen molar-refractivity contribution in [3.63, 3.8) is 0 Å². The number of allylic oxidation sites excluding steroid dienone is 5. The molecule has 0 saturated heterocycles. The first kappa shape index (κ1) is 14.4. The smallest absolute Gasteiger partial charge is 0.0683 e. The molecular weight excluding hydrogens is 244 g/mol. The van der Waals surface area contributed by atoms with Crippen molar-refractivity contribution < 1.29 is 0 Å². The molecule has 1 heterocycles. The van der Waals surface area contributed by atoms with Gasteiger partial charge in [-0.3, -0.25) is 0 Å². The maximum Gasteiger partial charge on any atom is 0.0683 e. The molecule has 0 aromatic carbocycles. The number of rotatable bonds is 3. The number of nitrogens with zero attached hydrogens (tertiary/aromatic N) is 1. The van der Waals surface area contributed by atoms with Gasteiger partial charge in [0.15, 0.2) is 0 Å². The van der Waals surface area contributed by atoms with Crippen molar-refractivity contribution in [3.8, 4) is 0 Å². The molecule has 2 N–H and O–H groups in total. The third-order valence-electron chi connectivity index (χ3n) is 4.04. The standard InChI is InChI=1S/C18H24N2/c1-6-7-12(2)10-16-11-20(9-8-13(16)3)18-15(5)14(4)17(18)19/h6-7,10H,4-5,8-9,11,19H2,1-3H3/b7-6-,12-10-. The summed E-state index contributed by atoms with van der Waals surface area (Å²) in [7, 11) is 0. The summed E-state index contributed by atoms with van der Waals surface area (Å²) < 4.78 is 0. The molecule has 2 aliphatic rings. The summed E-state index contributed by atoms with van der Waals surface area (Å²) in [5, 5.41) is 0. The molecule has 0 radical (unpaired) electrons. The largest absolute Gasteiger partial charge is 0.397 e. The van der Waals surface area contributed by atoms with Crippen molar-refractivity contribution in [1.82, 2.24) is 4.90 Å². The highest BCUT2D eigenvalue weighted by molar-refractivity contribution is 5.65. The molecule has 2 heteroatoms. The van der Waals surface area contributed by atoms with Crippen LogP contribution in [-0.2, 0) is 0 Å². The fourth-order valence-corrected chi connectivity index (χ4v) is 2.74. The Morgan fingerprint density at radius 2 is 2.00 bits per heavy atom. The highest BCUT2D eigenvalue weighted by Crippen LogP contribution is 2.38. The van der Waals surface area contributed by atoms with E-state index < -0.39 is 0 Å². The third-order valence-corrected chi connectivity index (χ3v) is 4.04. The Morgan fingerprint density at radius 3 is 2.60 bits per heavy atom. The first-order valence-electron chi connectivity index (χ1n) is 7.09. The SMILES string of the molecule is C=C1C(=C)C(N2CCC(C)=C(/C=C(C)\C=C/C)C2)=C1N. The van der Waals surface area contributed by atoms with E-state index >= 15 is 0 Å². The van der Waals surface area contributed by atoms with Gasteiger partial charge in [-0.2, -0.15) is 0 Å². The van der Waals surface area contributed by atoms with E-state index in [9.17, 15) is 0 Å². The lowest BCUT2D eigenvalue weighted by Gasteiger charge is -2.39. The van der Waals surface area contributed by atoms with Gasteiger partial charge in [0.2, 0.25) is 0 Å². The lowest BCUT2D eigenvalue weighted by Crippen LogP contribution is -2.37. The molecule has 0 bridgehead atoms. The zero-order chi connectivity index (χ0) is 14.9. The second-order valence-corrected chi connectivity index (χ2v) is 5.58. The quantitative estimate of drug-likeness (QED) is 0.788. The Morgan fingerprint density at radius 1 is 1.30 bits per heavy atom. The molecule has 0 saturated carbocycles. The minimum absolute atomic E-state index is 0.808. The molecule has 0 atom stereocenters. The number of hydrogen-bond donors (Lipinski definition) is 1. The van der Waals surface area contributed by atoms with Gasteiger partial charge in [0.1, 0.15) is 0 Å². The number of nitrogens with two attached hydrogens (primary N) is 1. The van der Waals surface area contributed by atoms with E-state index in [0.29, 0.717) is 0 Å². The van der Waals surface area contributed by atoms with Crippen molar-refractivity contribution in [2.45, 2.75) is 27.2 Å². The van der Waals surface area contributed by atoms with E-state index in [1.54, 1.807) is 0 Å². The molecule has 0 fully saturated rings. The highest BCUT2D eigenvalue weighted by Gasteiger charge is 2.30. The summed E-state index contributed by atoms with van der Waals surface area (Å²) in [5.74, 6) is 0. The zero-order valence-electron chi connectivity index (χ0n) is 12.8. The second-order valence-electron chi connectivity index (χ2n) is 5.58. The third kappa shape index (κ3) is 2.51. The van der Waals surface area contributed by atoms with E-state index in [1.165, 1.54) is 16.7 Å². The summed E-state index contributed by atoms with van der Waals surface area (Å²) in [4.78, 5) is 2.33. The van der Waals surface area contributed by atoms with Crippen molar-refractivity contribution in [2.24, 2.45) is 5.73 Å². The summed E-state index contributed by atoms with van der Waals surface area (Å²) in [6.45, 7) is 16.3. The topological polar surface area (TPSA) is 29.3 Å². The van der Waals surface area contributed by atoms with Gasteiger partial charge in [0.05, 0.1) is 11.4 Å². The van der Waals surface area contributed by atoms with E-state index in [4.69, 9.17) is 5.73 Å². The van der Waals surface area contributed by atoms with Gasteiger partial charge >= 0.3 is 0 Å². The van der Waals surface area contributed by atoms with Crippen LogP contribution in [0.3, 0.4) is 0 Å². The van der Waals surface area contributed by atoms with Crippen molar-refractivity contribution in [2.75, 3.05) is 13.1 Å². The molecule has 2 rings (SSSR count). The molecule has 0 spiro atoms. The van der Waals surface area contributed by atoms with Gasteiger partial charge in [0, 0.05) is 24.2 Å². The predicted octanol–water partition coefficient (Wildman–Crippen LogP) is 3.83. The van der Waals surface area contributed by atoms with Gasteiger partial charge in [-0.1, -0.05) is 42.5 Å². The first-order valence-corrected chi connectivity index (χ1v) is 7.09. The molecular formula is C18H24N2. The predicted molar refractivity (Wildman–Crippen MR) is 87.0 cm³/mol. The van der Waals surface area contributed by atoms with Gasteiger partial charge in [-0.25, -0.2) is 0 Å². The van der Waals surface area contributed by atoms with Crippen LogP contribution in [0.15, 0.2) is 70.6 Å². The minimum atomic E-state index is 0.808. The molecule has 1 aliphatic carbocycles. The molecule has 2 nitrogen and oxygen atoms in total. The Labute approximate surface area is 122 Å². The average molecular weight is 268 g/mol. The van der Waals surface area contributed by atoms with Crippen LogP contribution >= 0.6 is 0 Å². The van der Waals surface area contributed by atoms with Gasteiger partial charge in [0.25, 0.3) is 0 Å². The minimum Gasteiger partial charge on any atom is -0.397 e. The number of hydrogen-bond acceptors (Lipinski definition) is 2. The van der Waals surface area contributed by atoms with Crippen molar-refractivity contribution >= 4 is 0 Å². The Bertz CT molecular complexity index is 583. The fraction of sp³-hybridized carbons (Fsp3) is 0.333. The Kier molecular flexibility index (Phi) is 4.03. The highest BCUT2D eigenvalue weighted by atomic mass is 15.2. The normalized spacial score (nSPS) is 21.1. The lowest BCUT2D eigenvalue weighted by molar-refractivity contribution is 0.358. The summed E-state index contributed by atoms with van der Waals surface area (Å²) >= 11 is 0. The molecule has 106 valence electrons. The molecule has 1 aliphatic heterocycles. The van der Waals surface area contributed by atoms with E-state index in [-0.39, 0.29) is 0 Å². The molecule has 0 amide bonds. The van der Waals surface area contributed by atoms with Crippen molar-refractivity contribution in [1.29, 1.82) is 0 Å². The summed E-state index contributed by atoms with van der Waals surface area (Å²) in [6, 6.07) is 0. The van der Waals surface area contributed by atoms with E-state index in [2.05, 4.69) is 50.1 Å². The zero-order valence-corrected chi connectivity index (χ0v) is 12.8. The fourth-order valence-electron chi connectivity index (χ4n) is 2.74. The monoisotopic (exact) mass is 268 g/mol. The molecule has 0 unspecified atom stereocenters. The van der Waals surface area contributed by atoms with Crippen molar-refractivity contribution in [3.05, 3.63) is 70.6 Å². The molecule has 20 heavy (non-hydrogen) atoms. The van der Waals surface area contributed by atoms with Crippen LogP contribution in [0.5, 0.6) is 0 Å². The van der Waals surface area contributed by atoms with Crippen LogP contribution in [0, 0.1) is 0 Å². The Hall–Kier alpha value is -1.96. The van der Waals surface area contributed by atoms with Crippen LogP contribution in [0.1, 0.15) is 27.2 Å². The van der Waals surface area contributed by atoms with Crippen LogP contribution in [0.4, 0.5) is 0 Å². The van der Waals surface area contributed by atoms with E-state index in [0.717, 1.165) is 42.1 Å². The second kappa shape index (κ2) is 5.58. The van der Waals surface area contributed by atoms with Gasteiger partial charge in [-0.05, 0) is 32.8 Å². The molecule has 0 aromatic rings. The van der Waals surface area contributed by atoms with Crippen LogP contribution in [-0.4, -0.2) is 18.0 Å². The van der Waals surface area contributed by atoms with Crippen LogP contribution in [0.25, 0.3) is 0 Å². The van der Waals surface area contributed by atoms with E-state index in [1.807, 2.05) is 6.92 Å². The summed E-state index contributed by atoms with van der Waals surface area (Å²) in [6.07, 6.45) is 7.55. The Balaban J connectivity index is 2.23. The lowest BCUT2D eigenvalue weighted by atomic mass is 9.87. The van der Waals surface area contributed by atoms with Gasteiger partial charge in [-0.15, -0.1) is 0 Å². The van der Waals surface area contributed by atoms with Crippen LogP contribution < -0.4 is 5.73 Å². The van der Waals surface area contributed by atoms with Gasteiger partial charge < -0.3 is 10.6 Å². The first-order chi connectivity index (χ1) is 9.45.